The zero-order valence-corrected chi connectivity index (χ0v) is 19.5. The van der Waals surface area contributed by atoms with E-state index in [1.165, 1.54) is 19.3 Å². The van der Waals surface area contributed by atoms with Crippen LogP contribution in [-0.2, 0) is 11.2 Å². The third-order valence-electron chi connectivity index (χ3n) is 5.64. The van der Waals surface area contributed by atoms with Crippen LogP contribution in [0, 0.1) is 5.92 Å². The lowest BCUT2D eigenvalue weighted by molar-refractivity contribution is -0.137. The average molecular weight is 453 g/mol. The summed E-state index contributed by atoms with van der Waals surface area (Å²) < 4.78 is 6.02. The minimum atomic E-state index is -0.932. The molecule has 2 rings (SSSR count). The normalized spacial score (nSPS) is 12.0. The van der Waals surface area contributed by atoms with Crippen LogP contribution in [0.15, 0.2) is 54.6 Å². The molecule has 0 heterocycles. The van der Waals surface area contributed by atoms with Crippen LogP contribution < -0.4 is 4.74 Å². The largest absolute Gasteiger partial charge is 0.493 e. The van der Waals surface area contributed by atoms with Crippen molar-refractivity contribution in [2.45, 2.75) is 64.7 Å². The highest BCUT2D eigenvalue weighted by Gasteiger charge is 2.10. The summed E-state index contributed by atoms with van der Waals surface area (Å²) in [4.78, 5) is 21.9. The van der Waals surface area contributed by atoms with Crippen LogP contribution in [0.3, 0.4) is 0 Å². The van der Waals surface area contributed by atoms with Crippen LogP contribution in [-0.4, -0.2) is 28.8 Å². The average Bonchev–Trinajstić information content (AvgIpc) is 2.80. The van der Waals surface area contributed by atoms with Gasteiger partial charge < -0.3 is 14.9 Å². The Labute approximate surface area is 197 Å². The van der Waals surface area contributed by atoms with E-state index in [0.717, 1.165) is 42.6 Å². The molecule has 0 aliphatic carbocycles. The second-order valence-electron chi connectivity index (χ2n) is 8.41. The molecule has 33 heavy (non-hydrogen) atoms. The molecule has 0 saturated heterocycles. The molecule has 1 atom stereocenters. The van der Waals surface area contributed by atoms with Crippen LogP contribution in [0.2, 0.25) is 0 Å². The third kappa shape index (κ3) is 10.4. The van der Waals surface area contributed by atoms with Gasteiger partial charge in [-0.3, -0.25) is 4.79 Å². The number of hydrogen-bond donors (Lipinski definition) is 2. The van der Waals surface area contributed by atoms with Gasteiger partial charge in [-0.2, -0.15) is 0 Å². The SMILES string of the molecule is CCCCCCOc1ccccc1C=CC(CCCCC(=O)O)Cc1ccc(C(=O)O)cc1. The first-order valence-electron chi connectivity index (χ1n) is 11.9. The Morgan fingerprint density at radius 2 is 1.70 bits per heavy atom. The molecule has 0 bridgehead atoms. The fourth-order valence-corrected chi connectivity index (χ4v) is 3.74. The Morgan fingerprint density at radius 3 is 2.39 bits per heavy atom. The first-order chi connectivity index (χ1) is 16.0. The van der Waals surface area contributed by atoms with Crippen LogP contribution in [0.25, 0.3) is 6.08 Å². The molecule has 2 N–H and O–H groups in total. The Bertz CT molecular complexity index is 885. The number of rotatable bonds is 16. The number of benzene rings is 2. The Morgan fingerprint density at radius 1 is 0.939 bits per heavy atom. The molecular formula is C28H36O5. The van der Waals surface area contributed by atoms with E-state index in [9.17, 15) is 9.59 Å². The molecule has 0 radical (unpaired) electrons. The smallest absolute Gasteiger partial charge is 0.335 e. The van der Waals surface area contributed by atoms with Gasteiger partial charge in [0.1, 0.15) is 5.75 Å². The standard InChI is InChI=1S/C28H36O5/c1-2-3-4-9-20-33-26-12-7-6-11-24(26)17-14-22(10-5-8-13-27(29)30)21-23-15-18-25(19-16-23)28(31)32/h6-7,11-12,14-19,22H,2-5,8-10,13,20-21H2,1H3,(H,29,30)(H,31,32). The van der Waals surface area contributed by atoms with Crippen LogP contribution >= 0.6 is 0 Å². The molecular weight excluding hydrogens is 416 g/mol. The molecule has 2 aromatic rings. The fourth-order valence-electron chi connectivity index (χ4n) is 3.74. The molecule has 5 nitrogen and oxygen atoms in total. The van der Waals surface area contributed by atoms with Gasteiger partial charge in [-0.25, -0.2) is 4.79 Å². The van der Waals surface area contributed by atoms with Gasteiger partial charge in [0.25, 0.3) is 0 Å². The maximum Gasteiger partial charge on any atom is 0.335 e. The van der Waals surface area contributed by atoms with Crippen LogP contribution in [0.4, 0.5) is 0 Å². The van der Waals surface area contributed by atoms with Crippen molar-refractivity contribution in [3.63, 3.8) is 0 Å². The number of carboxylic acids is 2. The first kappa shape index (κ1) is 26.2. The van der Waals surface area contributed by atoms with E-state index in [1.54, 1.807) is 12.1 Å². The first-order valence-corrected chi connectivity index (χ1v) is 11.9. The van der Waals surface area contributed by atoms with Gasteiger partial charge in [0.05, 0.1) is 12.2 Å². The number of ether oxygens (including phenoxy) is 1. The third-order valence-corrected chi connectivity index (χ3v) is 5.64. The molecule has 5 heteroatoms. The summed E-state index contributed by atoms with van der Waals surface area (Å²) in [5.74, 6) is -0.609. The van der Waals surface area contributed by atoms with Gasteiger partial charge in [0, 0.05) is 12.0 Å². The molecule has 1 unspecified atom stereocenters. The number of aromatic carboxylic acids is 1. The predicted molar refractivity (Wildman–Crippen MR) is 132 cm³/mol. The Hall–Kier alpha value is -3.08. The van der Waals surface area contributed by atoms with Gasteiger partial charge in [-0.15, -0.1) is 0 Å². The van der Waals surface area contributed by atoms with Gasteiger partial charge >= 0.3 is 11.9 Å². The molecule has 2 aromatic carbocycles. The van der Waals surface area contributed by atoms with Crippen molar-refractivity contribution in [2.24, 2.45) is 5.92 Å². The maximum absolute atomic E-state index is 11.1. The van der Waals surface area contributed by atoms with Crippen molar-refractivity contribution >= 4 is 18.0 Å². The van der Waals surface area contributed by atoms with E-state index in [-0.39, 0.29) is 17.9 Å². The van der Waals surface area contributed by atoms with Crippen molar-refractivity contribution in [3.8, 4) is 5.75 Å². The lowest BCUT2D eigenvalue weighted by Gasteiger charge is -2.14. The van der Waals surface area contributed by atoms with Crippen LogP contribution in [0.1, 0.15) is 79.8 Å². The molecule has 0 saturated carbocycles. The summed E-state index contributed by atoms with van der Waals surface area (Å²) in [6.45, 7) is 2.90. The minimum absolute atomic E-state index is 0.179. The van der Waals surface area contributed by atoms with Gasteiger partial charge in [-0.05, 0) is 55.4 Å². The number of para-hydroxylation sites is 1. The van der Waals surface area contributed by atoms with Crippen molar-refractivity contribution in [1.82, 2.24) is 0 Å². The Kier molecular flexibility index (Phi) is 11.8. The van der Waals surface area contributed by atoms with Gasteiger partial charge in [-0.1, -0.05) is 75.1 Å². The van der Waals surface area contributed by atoms with E-state index in [1.807, 2.05) is 36.4 Å². The highest BCUT2D eigenvalue weighted by molar-refractivity contribution is 5.87. The zero-order chi connectivity index (χ0) is 23.9. The number of aliphatic carboxylic acids is 1. The van der Waals surface area contributed by atoms with Crippen molar-refractivity contribution < 1.29 is 24.5 Å². The lowest BCUT2D eigenvalue weighted by Crippen LogP contribution is -2.04. The lowest BCUT2D eigenvalue weighted by atomic mass is 9.92. The van der Waals surface area contributed by atoms with E-state index in [4.69, 9.17) is 14.9 Å². The highest BCUT2D eigenvalue weighted by atomic mass is 16.5. The second-order valence-corrected chi connectivity index (χ2v) is 8.41. The second kappa shape index (κ2) is 14.9. The summed E-state index contributed by atoms with van der Waals surface area (Å²) in [7, 11) is 0. The summed E-state index contributed by atoms with van der Waals surface area (Å²) >= 11 is 0. The maximum atomic E-state index is 11.1. The highest BCUT2D eigenvalue weighted by Crippen LogP contribution is 2.24. The molecule has 0 fully saturated rings. The fraction of sp³-hybridized carbons (Fsp3) is 0.429. The van der Waals surface area contributed by atoms with E-state index in [0.29, 0.717) is 13.0 Å². The van der Waals surface area contributed by atoms with Gasteiger partial charge in [0.2, 0.25) is 0 Å². The Balaban J connectivity index is 2.06. The van der Waals surface area contributed by atoms with Crippen LogP contribution in [0.5, 0.6) is 5.75 Å². The molecule has 0 spiro atoms. The van der Waals surface area contributed by atoms with Gasteiger partial charge in [0.15, 0.2) is 0 Å². The minimum Gasteiger partial charge on any atom is -0.493 e. The monoisotopic (exact) mass is 452 g/mol. The summed E-state index contributed by atoms with van der Waals surface area (Å²) in [5.41, 5.74) is 2.37. The number of carboxylic acid groups (broad SMARTS) is 2. The van der Waals surface area contributed by atoms with E-state index in [2.05, 4.69) is 19.1 Å². The number of hydrogen-bond acceptors (Lipinski definition) is 3. The van der Waals surface area contributed by atoms with Crippen molar-refractivity contribution in [1.29, 1.82) is 0 Å². The predicted octanol–water partition coefficient (Wildman–Crippen LogP) is 6.86. The van der Waals surface area contributed by atoms with Crippen molar-refractivity contribution in [2.75, 3.05) is 6.61 Å². The number of carbonyl (C=O) groups is 2. The summed E-state index contributed by atoms with van der Waals surface area (Å²) in [6.07, 6.45) is 12.2. The molecule has 0 amide bonds. The summed E-state index contributed by atoms with van der Waals surface area (Å²) in [6, 6.07) is 15.0. The topological polar surface area (TPSA) is 83.8 Å². The molecule has 0 aliphatic heterocycles. The van der Waals surface area contributed by atoms with E-state index < -0.39 is 11.9 Å². The molecule has 178 valence electrons. The summed E-state index contributed by atoms with van der Waals surface area (Å²) in [5, 5.41) is 18.0. The number of unbranched alkanes of at least 4 members (excludes halogenated alkanes) is 4. The number of allylic oxidation sites excluding steroid dienone is 1. The van der Waals surface area contributed by atoms with Crippen molar-refractivity contribution in [3.05, 3.63) is 71.3 Å². The zero-order valence-electron chi connectivity index (χ0n) is 19.5. The molecule has 0 aliphatic rings. The quantitative estimate of drug-likeness (QED) is 0.272. The molecule has 0 aromatic heterocycles. The van der Waals surface area contributed by atoms with E-state index >= 15 is 0 Å².